The van der Waals surface area contributed by atoms with Crippen molar-refractivity contribution in [3.8, 4) is 0 Å². The predicted molar refractivity (Wildman–Crippen MR) is 138 cm³/mol. The molecule has 1 aliphatic heterocycles. The first-order chi connectivity index (χ1) is 16.9. The van der Waals surface area contributed by atoms with Crippen molar-refractivity contribution in [2.45, 2.75) is 50.9 Å². The van der Waals surface area contributed by atoms with Gasteiger partial charge in [0.05, 0.1) is 12.1 Å². The number of amides is 1. The Bertz CT molecular complexity index is 1190. The largest absolute Gasteiger partial charge is 0.481 e. The third-order valence-electron chi connectivity index (χ3n) is 6.26. The average Bonchev–Trinajstić information content (AvgIpc) is 3.33. The smallest absolute Gasteiger partial charge is 0.304 e. The molecule has 0 saturated carbocycles. The molecule has 1 aliphatic rings. The van der Waals surface area contributed by atoms with Crippen molar-refractivity contribution in [3.63, 3.8) is 0 Å². The fourth-order valence-corrected chi connectivity index (χ4v) is 5.37. The number of carbonyl (C=O) groups excluding carboxylic acids is 1. The van der Waals surface area contributed by atoms with Gasteiger partial charge in [0.2, 0.25) is 0 Å². The lowest BCUT2D eigenvalue weighted by Gasteiger charge is -2.17. The number of carboxylic acid groups (broad SMARTS) is 1. The zero-order valence-corrected chi connectivity index (χ0v) is 21.1. The average molecular weight is 493 g/mol. The minimum absolute atomic E-state index is 0.0649. The van der Waals surface area contributed by atoms with Crippen molar-refractivity contribution in [3.05, 3.63) is 74.9 Å². The molecule has 1 atom stereocenters. The maximum Gasteiger partial charge on any atom is 0.304 e. The number of unbranched alkanes of at least 4 members (excludes halogenated alkanes) is 1. The molecule has 4 rings (SSSR count). The Morgan fingerprint density at radius 2 is 1.91 bits per heavy atom. The zero-order valence-electron chi connectivity index (χ0n) is 20.3. The maximum atomic E-state index is 12.4. The summed E-state index contributed by atoms with van der Waals surface area (Å²) >= 11 is 1.49. The van der Waals surface area contributed by atoms with E-state index in [0.717, 1.165) is 72.8 Å². The normalized spacial score (nSPS) is 13.5. The number of rotatable bonds is 10. The number of aromatic nitrogens is 2. The molecule has 0 bridgehead atoms. The summed E-state index contributed by atoms with van der Waals surface area (Å²) in [6.45, 7) is 0.995. The number of carboxylic acids is 1. The van der Waals surface area contributed by atoms with Crippen molar-refractivity contribution >= 4 is 29.0 Å². The number of hydrogen-bond donors (Lipinski definition) is 2. The number of thiazole rings is 1. The molecule has 3 heterocycles. The Morgan fingerprint density at radius 1 is 1.11 bits per heavy atom. The van der Waals surface area contributed by atoms with E-state index in [-0.39, 0.29) is 18.2 Å². The molecule has 184 valence electrons. The molecule has 7 nitrogen and oxygen atoms in total. The van der Waals surface area contributed by atoms with Gasteiger partial charge in [0, 0.05) is 43.2 Å². The second-order valence-corrected chi connectivity index (χ2v) is 10.1. The first-order valence-corrected chi connectivity index (χ1v) is 13.0. The van der Waals surface area contributed by atoms with Crippen LogP contribution in [-0.4, -0.2) is 52.5 Å². The van der Waals surface area contributed by atoms with Gasteiger partial charge in [0.1, 0.15) is 10.8 Å². The third kappa shape index (κ3) is 6.45. The van der Waals surface area contributed by atoms with Gasteiger partial charge in [-0.15, -0.1) is 11.3 Å². The number of aliphatic carboxylic acids is 1. The molecule has 2 aromatic heterocycles. The minimum Gasteiger partial charge on any atom is -0.481 e. The molecule has 8 heteroatoms. The molecule has 0 fully saturated rings. The van der Waals surface area contributed by atoms with Crippen LogP contribution >= 0.6 is 11.3 Å². The molecule has 0 saturated heterocycles. The van der Waals surface area contributed by atoms with Gasteiger partial charge >= 0.3 is 5.97 Å². The second-order valence-electron chi connectivity index (χ2n) is 9.20. The number of nitrogens with zero attached hydrogens (tertiary/aromatic N) is 3. The van der Waals surface area contributed by atoms with E-state index in [1.807, 2.05) is 11.4 Å². The summed E-state index contributed by atoms with van der Waals surface area (Å²) in [6, 6.07) is 11.6. The third-order valence-corrected chi connectivity index (χ3v) is 7.26. The van der Waals surface area contributed by atoms with Gasteiger partial charge < -0.3 is 15.3 Å². The van der Waals surface area contributed by atoms with Crippen molar-refractivity contribution in [2.75, 3.05) is 26.0 Å². The summed E-state index contributed by atoms with van der Waals surface area (Å²) < 4.78 is 0. The van der Waals surface area contributed by atoms with E-state index in [0.29, 0.717) is 5.56 Å². The van der Waals surface area contributed by atoms with E-state index < -0.39 is 5.97 Å². The van der Waals surface area contributed by atoms with Gasteiger partial charge in [0.25, 0.3) is 5.91 Å². The van der Waals surface area contributed by atoms with Gasteiger partial charge in [-0.25, -0.2) is 9.97 Å². The number of pyridine rings is 1. The Morgan fingerprint density at radius 3 is 2.69 bits per heavy atom. The topological polar surface area (TPSA) is 95.4 Å². The number of nitrogens with one attached hydrogen (secondary N) is 1. The monoisotopic (exact) mass is 492 g/mol. The molecule has 2 N–H and O–H groups in total. The number of anilines is 1. The summed E-state index contributed by atoms with van der Waals surface area (Å²) in [5.41, 5.74) is 4.76. The van der Waals surface area contributed by atoms with Crippen LogP contribution < -0.4 is 5.32 Å². The Labute approximate surface area is 210 Å². The summed E-state index contributed by atoms with van der Waals surface area (Å²) in [5.74, 6) is -0.333. The van der Waals surface area contributed by atoms with Crippen LogP contribution in [-0.2, 0) is 24.1 Å². The van der Waals surface area contributed by atoms with Crippen LogP contribution in [0.25, 0.3) is 0 Å². The standard InChI is InChI=1S/C27H32N4O3S/c1-31(2)27(34)20-8-5-7-19(15-20)23(16-24(32)33)26-30-22(17-35-26)11-4-3-10-21-13-12-18-9-6-14-28-25(18)29-21/h5,7-8,12-13,15,17,23H,3-4,6,9-11,14,16H2,1-2H3,(H,28,29)(H,32,33)/t23-/m1/s1. The molecule has 35 heavy (non-hydrogen) atoms. The lowest BCUT2D eigenvalue weighted by atomic mass is 9.94. The van der Waals surface area contributed by atoms with Gasteiger partial charge in [-0.3, -0.25) is 9.59 Å². The van der Waals surface area contributed by atoms with E-state index in [4.69, 9.17) is 9.97 Å². The number of hydrogen-bond acceptors (Lipinski definition) is 6. The molecule has 0 aliphatic carbocycles. The Kier molecular flexibility index (Phi) is 8.13. The Balaban J connectivity index is 1.38. The molecular weight excluding hydrogens is 460 g/mol. The number of benzene rings is 1. The van der Waals surface area contributed by atoms with Gasteiger partial charge in [-0.2, -0.15) is 0 Å². The number of aryl methyl sites for hydroxylation is 3. The molecule has 0 spiro atoms. The van der Waals surface area contributed by atoms with E-state index in [1.54, 1.807) is 32.3 Å². The van der Waals surface area contributed by atoms with Gasteiger partial charge in [-0.1, -0.05) is 18.2 Å². The summed E-state index contributed by atoms with van der Waals surface area (Å²) in [5, 5.41) is 15.7. The van der Waals surface area contributed by atoms with Crippen LogP contribution in [0, 0.1) is 0 Å². The van der Waals surface area contributed by atoms with Crippen LogP contribution in [0.3, 0.4) is 0 Å². The van der Waals surface area contributed by atoms with E-state index in [2.05, 4.69) is 17.4 Å². The summed E-state index contributed by atoms with van der Waals surface area (Å²) in [6.07, 6.45) is 5.98. The molecule has 1 aromatic carbocycles. The number of carbonyl (C=O) groups is 2. The first kappa shape index (κ1) is 24.9. The van der Waals surface area contributed by atoms with E-state index in [1.165, 1.54) is 21.8 Å². The first-order valence-electron chi connectivity index (χ1n) is 12.1. The highest BCUT2D eigenvalue weighted by atomic mass is 32.1. The van der Waals surface area contributed by atoms with Crippen molar-refractivity contribution < 1.29 is 14.7 Å². The Hall–Kier alpha value is -3.26. The van der Waals surface area contributed by atoms with E-state index in [9.17, 15) is 14.7 Å². The highest BCUT2D eigenvalue weighted by Crippen LogP contribution is 2.31. The van der Waals surface area contributed by atoms with E-state index >= 15 is 0 Å². The second kappa shape index (κ2) is 11.4. The van der Waals surface area contributed by atoms with Gasteiger partial charge in [-0.05, 0) is 67.9 Å². The predicted octanol–water partition coefficient (Wildman–Crippen LogP) is 4.77. The highest BCUT2D eigenvalue weighted by molar-refractivity contribution is 7.09. The van der Waals surface area contributed by atoms with Crippen molar-refractivity contribution in [1.29, 1.82) is 0 Å². The molecule has 1 amide bonds. The van der Waals surface area contributed by atoms with Crippen molar-refractivity contribution in [2.24, 2.45) is 0 Å². The van der Waals surface area contributed by atoms with Gasteiger partial charge in [0.15, 0.2) is 0 Å². The molecule has 3 aromatic rings. The van der Waals surface area contributed by atoms with Crippen LogP contribution in [0.5, 0.6) is 0 Å². The lowest BCUT2D eigenvalue weighted by Crippen LogP contribution is -2.22. The quantitative estimate of drug-likeness (QED) is 0.396. The lowest BCUT2D eigenvalue weighted by molar-refractivity contribution is -0.137. The van der Waals surface area contributed by atoms with Crippen molar-refractivity contribution in [1.82, 2.24) is 14.9 Å². The van der Waals surface area contributed by atoms with Crippen LogP contribution in [0.1, 0.15) is 69.5 Å². The summed E-state index contributed by atoms with van der Waals surface area (Å²) in [7, 11) is 3.41. The SMILES string of the molecule is CN(C)C(=O)c1cccc([C@@H](CC(=O)O)c2nc(CCCCc3ccc4c(n3)NCCC4)cs2)c1. The minimum atomic E-state index is -0.886. The fourth-order valence-electron chi connectivity index (χ4n) is 4.39. The maximum absolute atomic E-state index is 12.4. The molecule has 0 unspecified atom stereocenters. The number of fused-ring (bicyclic) bond motifs is 1. The zero-order chi connectivity index (χ0) is 24.8. The molecular formula is C27H32N4O3S. The fraction of sp³-hybridized carbons (Fsp3) is 0.407. The van der Waals surface area contributed by atoms with Crippen LogP contribution in [0.2, 0.25) is 0 Å². The summed E-state index contributed by atoms with van der Waals surface area (Å²) in [4.78, 5) is 35.1. The molecule has 0 radical (unpaired) electrons. The highest BCUT2D eigenvalue weighted by Gasteiger charge is 2.22. The van der Waals surface area contributed by atoms with Crippen LogP contribution in [0.4, 0.5) is 5.82 Å². The van der Waals surface area contributed by atoms with Crippen LogP contribution in [0.15, 0.2) is 41.8 Å².